The first-order valence-corrected chi connectivity index (χ1v) is 13.0. The number of hydrogen-bond acceptors (Lipinski definition) is 5. The number of nitrogens with one attached hydrogen (secondary N) is 1. The minimum atomic E-state index is -0.197. The summed E-state index contributed by atoms with van der Waals surface area (Å²) in [4.78, 5) is 17.5. The van der Waals surface area contributed by atoms with E-state index in [-0.39, 0.29) is 11.7 Å². The van der Waals surface area contributed by atoms with Gasteiger partial charge in [0.25, 0.3) is 0 Å². The Kier molecular flexibility index (Phi) is 7.23. The number of hydrogen-bond donors (Lipinski definition) is 1. The van der Waals surface area contributed by atoms with Gasteiger partial charge in [0.15, 0.2) is 11.0 Å². The highest BCUT2D eigenvalue weighted by Crippen LogP contribution is 2.33. The summed E-state index contributed by atoms with van der Waals surface area (Å²) in [6.45, 7) is 2.68. The van der Waals surface area contributed by atoms with E-state index >= 15 is 0 Å². The van der Waals surface area contributed by atoms with Crippen LogP contribution in [-0.4, -0.2) is 31.4 Å². The van der Waals surface area contributed by atoms with Gasteiger partial charge in [-0.25, -0.2) is 4.98 Å². The number of carbonyl (C=O) groups excluding carboxylic acids is 1. The van der Waals surface area contributed by atoms with E-state index in [9.17, 15) is 4.79 Å². The highest BCUT2D eigenvalue weighted by Gasteiger charge is 2.18. The number of anilines is 1. The Hall–Kier alpha value is -3.39. The number of halogens is 2. The fourth-order valence-corrected chi connectivity index (χ4v) is 5.16. The summed E-state index contributed by atoms with van der Waals surface area (Å²) in [5, 5.41) is 14.3. The zero-order valence-electron chi connectivity index (χ0n) is 19.3. The second-order valence-corrected chi connectivity index (χ2v) is 9.74. The third-order valence-electron chi connectivity index (χ3n) is 5.60. The number of pyridine rings is 1. The van der Waals surface area contributed by atoms with Crippen molar-refractivity contribution in [3.8, 4) is 22.6 Å². The molecule has 3 aromatic carbocycles. The lowest BCUT2D eigenvalue weighted by Gasteiger charge is -2.12. The lowest BCUT2D eigenvalue weighted by atomic mass is 10.0. The van der Waals surface area contributed by atoms with E-state index in [4.69, 9.17) is 28.2 Å². The average molecular weight is 534 g/mol. The molecule has 1 N–H and O–H groups in total. The normalized spacial score (nSPS) is 11.1. The van der Waals surface area contributed by atoms with Crippen molar-refractivity contribution < 1.29 is 4.79 Å². The molecule has 5 rings (SSSR count). The van der Waals surface area contributed by atoms with Crippen LogP contribution in [0.1, 0.15) is 6.92 Å². The van der Waals surface area contributed by atoms with Crippen molar-refractivity contribution in [1.29, 1.82) is 0 Å². The predicted octanol–water partition coefficient (Wildman–Crippen LogP) is 7.22. The summed E-state index contributed by atoms with van der Waals surface area (Å²) in [5.74, 6) is 0.692. The number of aromatic nitrogens is 4. The molecule has 0 aliphatic carbocycles. The van der Waals surface area contributed by atoms with Crippen LogP contribution in [0.4, 0.5) is 5.69 Å². The molecule has 0 saturated carbocycles. The number of carbonyl (C=O) groups is 1. The Balaban J connectivity index is 1.44. The molecule has 0 aliphatic heterocycles. The van der Waals surface area contributed by atoms with Crippen molar-refractivity contribution in [3.63, 3.8) is 0 Å². The number of para-hydroxylation sites is 1. The maximum absolute atomic E-state index is 12.6. The Bertz CT molecular complexity index is 1560. The lowest BCUT2D eigenvalue weighted by Crippen LogP contribution is -2.15. The zero-order valence-corrected chi connectivity index (χ0v) is 21.6. The first kappa shape index (κ1) is 24.3. The molecule has 5 aromatic rings. The van der Waals surface area contributed by atoms with E-state index in [0.717, 1.165) is 33.5 Å². The smallest absolute Gasteiger partial charge is 0.234 e. The summed E-state index contributed by atoms with van der Waals surface area (Å²) in [7, 11) is 0. The number of thioether (sulfide) groups is 1. The van der Waals surface area contributed by atoms with E-state index in [0.29, 0.717) is 27.4 Å². The molecule has 0 fully saturated rings. The van der Waals surface area contributed by atoms with E-state index in [1.807, 2.05) is 66.1 Å². The minimum Gasteiger partial charge on any atom is -0.324 e. The zero-order chi connectivity index (χ0) is 25.1. The monoisotopic (exact) mass is 533 g/mol. The molecule has 0 atom stereocenters. The van der Waals surface area contributed by atoms with Crippen LogP contribution in [0.5, 0.6) is 0 Å². The SMILES string of the molecule is CCn1c(SCC(=O)Nc2ccc(Cl)cc2Cl)nnc1-c1cc(-c2ccccc2)nc2ccccc12. The Morgan fingerprint density at radius 1 is 0.972 bits per heavy atom. The van der Waals surface area contributed by atoms with E-state index in [1.165, 1.54) is 11.8 Å². The summed E-state index contributed by atoms with van der Waals surface area (Å²) in [6.07, 6.45) is 0. The number of amides is 1. The van der Waals surface area contributed by atoms with Crippen molar-refractivity contribution in [2.24, 2.45) is 0 Å². The summed E-state index contributed by atoms with van der Waals surface area (Å²) < 4.78 is 2.02. The van der Waals surface area contributed by atoms with E-state index in [2.05, 4.69) is 21.6 Å². The van der Waals surface area contributed by atoms with Crippen LogP contribution in [0.25, 0.3) is 33.5 Å². The maximum Gasteiger partial charge on any atom is 0.234 e. The van der Waals surface area contributed by atoms with Gasteiger partial charge < -0.3 is 9.88 Å². The van der Waals surface area contributed by atoms with Crippen molar-refractivity contribution >= 4 is 57.5 Å². The largest absolute Gasteiger partial charge is 0.324 e. The molecule has 9 heteroatoms. The second kappa shape index (κ2) is 10.7. The molecule has 36 heavy (non-hydrogen) atoms. The lowest BCUT2D eigenvalue weighted by molar-refractivity contribution is -0.113. The van der Waals surface area contributed by atoms with E-state index < -0.39 is 0 Å². The van der Waals surface area contributed by atoms with Crippen LogP contribution in [0, 0.1) is 0 Å². The first-order valence-electron chi connectivity index (χ1n) is 11.3. The number of benzene rings is 3. The Morgan fingerprint density at radius 2 is 1.75 bits per heavy atom. The van der Waals surface area contributed by atoms with Crippen molar-refractivity contribution in [1.82, 2.24) is 19.7 Å². The molecule has 0 radical (unpaired) electrons. The van der Waals surface area contributed by atoms with Gasteiger partial charge in [-0.2, -0.15) is 0 Å². The molecule has 0 spiro atoms. The van der Waals surface area contributed by atoms with Gasteiger partial charge in [0.05, 0.1) is 27.7 Å². The molecular weight excluding hydrogens is 513 g/mol. The predicted molar refractivity (Wildman–Crippen MR) is 148 cm³/mol. The topological polar surface area (TPSA) is 72.7 Å². The third kappa shape index (κ3) is 5.09. The maximum atomic E-state index is 12.6. The summed E-state index contributed by atoms with van der Waals surface area (Å²) in [5.41, 5.74) is 4.23. The van der Waals surface area contributed by atoms with E-state index in [1.54, 1.807) is 18.2 Å². The van der Waals surface area contributed by atoms with Crippen LogP contribution in [0.15, 0.2) is 84.0 Å². The van der Waals surface area contributed by atoms with Crippen LogP contribution < -0.4 is 5.32 Å². The van der Waals surface area contributed by atoms with Crippen LogP contribution in [0.3, 0.4) is 0 Å². The number of fused-ring (bicyclic) bond motifs is 1. The quantitative estimate of drug-likeness (QED) is 0.223. The molecule has 0 aliphatic rings. The molecule has 1 amide bonds. The molecule has 0 unspecified atom stereocenters. The van der Waals surface area contributed by atoms with Crippen LogP contribution in [-0.2, 0) is 11.3 Å². The second-order valence-electron chi connectivity index (χ2n) is 7.95. The fourth-order valence-electron chi connectivity index (χ4n) is 3.90. The van der Waals surface area contributed by atoms with Crippen molar-refractivity contribution in [2.45, 2.75) is 18.6 Å². The molecule has 0 bridgehead atoms. The highest BCUT2D eigenvalue weighted by atomic mass is 35.5. The van der Waals surface area contributed by atoms with Crippen LogP contribution >= 0.6 is 35.0 Å². The fraction of sp³-hybridized carbons (Fsp3) is 0.111. The van der Waals surface area contributed by atoms with Gasteiger partial charge >= 0.3 is 0 Å². The van der Waals surface area contributed by atoms with Gasteiger partial charge in [-0.1, -0.05) is 83.5 Å². The van der Waals surface area contributed by atoms with Gasteiger partial charge in [0.2, 0.25) is 5.91 Å². The number of rotatable bonds is 7. The van der Waals surface area contributed by atoms with Gasteiger partial charge in [0.1, 0.15) is 0 Å². The molecule has 0 saturated heterocycles. The highest BCUT2D eigenvalue weighted by molar-refractivity contribution is 7.99. The third-order valence-corrected chi connectivity index (χ3v) is 7.11. The summed E-state index contributed by atoms with van der Waals surface area (Å²) >= 11 is 13.4. The van der Waals surface area contributed by atoms with Gasteiger partial charge in [0, 0.05) is 28.1 Å². The Morgan fingerprint density at radius 3 is 2.53 bits per heavy atom. The number of nitrogens with zero attached hydrogens (tertiary/aromatic N) is 4. The molecule has 180 valence electrons. The van der Waals surface area contributed by atoms with Gasteiger partial charge in [-0.05, 0) is 37.3 Å². The standard InChI is InChI=1S/C27H21Cl2N5OS/c1-2-34-26(32-33-27(34)36-16-25(35)31-23-13-12-18(28)14-21(23)29)20-15-24(17-8-4-3-5-9-17)30-22-11-7-6-10-19(20)22/h3-15H,2,16H2,1H3,(H,31,35). The van der Waals surface area contributed by atoms with Crippen molar-refractivity contribution in [3.05, 3.63) is 88.9 Å². The molecule has 2 aromatic heterocycles. The van der Waals surface area contributed by atoms with Crippen LogP contribution in [0.2, 0.25) is 10.0 Å². The van der Waals surface area contributed by atoms with Crippen molar-refractivity contribution in [2.75, 3.05) is 11.1 Å². The van der Waals surface area contributed by atoms with Gasteiger partial charge in [-0.15, -0.1) is 10.2 Å². The first-order chi connectivity index (χ1) is 17.5. The molecule has 6 nitrogen and oxygen atoms in total. The minimum absolute atomic E-state index is 0.156. The Labute approximate surface area is 222 Å². The molecule has 2 heterocycles. The molecular formula is C27H21Cl2N5OS. The summed E-state index contributed by atoms with van der Waals surface area (Å²) in [6, 6.07) is 25.1. The van der Waals surface area contributed by atoms with Gasteiger partial charge in [-0.3, -0.25) is 4.79 Å². The average Bonchev–Trinajstić information content (AvgIpc) is 3.31.